The van der Waals surface area contributed by atoms with Crippen LogP contribution in [0.25, 0.3) is 0 Å². The number of amides is 2. The van der Waals surface area contributed by atoms with E-state index in [0.717, 1.165) is 0 Å². The normalized spacial score (nSPS) is 19.4. The number of hydrogen-bond acceptors (Lipinski definition) is 6. The Morgan fingerprint density at radius 3 is 2.76 bits per heavy atom. The maximum Gasteiger partial charge on any atom is 0.414 e. The van der Waals surface area contributed by atoms with Crippen molar-refractivity contribution in [2.75, 3.05) is 49.2 Å². The van der Waals surface area contributed by atoms with Gasteiger partial charge in [-0.2, -0.15) is 0 Å². The summed E-state index contributed by atoms with van der Waals surface area (Å²) in [7, 11) is 0. The fourth-order valence-electron chi connectivity index (χ4n) is 3.49. The van der Waals surface area contributed by atoms with Crippen molar-refractivity contribution >= 4 is 23.4 Å². The van der Waals surface area contributed by atoms with E-state index in [1.807, 2.05) is 4.90 Å². The summed E-state index contributed by atoms with van der Waals surface area (Å²) >= 11 is 0. The van der Waals surface area contributed by atoms with Gasteiger partial charge in [0, 0.05) is 13.1 Å². The second-order valence-electron chi connectivity index (χ2n) is 6.95. The van der Waals surface area contributed by atoms with Crippen molar-refractivity contribution in [2.24, 2.45) is 0 Å². The van der Waals surface area contributed by atoms with Gasteiger partial charge in [-0.05, 0) is 31.2 Å². The second-order valence-corrected chi connectivity index (χ2v) is 6.95. The second kappa shape index (κ2) is 8.12. The van der Waals surface area contributed by atoms with Gasteiger partial charge in [0.2, 0.25) is 0 Å². The zero-order valence-electron chi connectivity index (χ0n) is 16.0. The van der Waals surface area contributed by atoms with Crippen LogP contribution in [0.5, 0.6) is 0 Å². The largest absolute Gasteiger partial charge is 0.469 e. The Bertz CT molecular complexity index is 909. The lowest BCUT2D eigenvalue weighted by Gasteiger charge is -2.29. The first-order valence-electron chi connectivity index (χ1n) is 9.45. The van der Waals surface area contributed by atoms with E-state index in [-0.39, 0.29) is 19.0 Å². The minimum Gasteiger partial charge on any atom is -0.469 e. The van der Waals surface area contributed by atoms with Gasteiger partial charge in [0.25, 0.3) is 5.91 Å². The highest BCUT2D eigenvalue weighted by Gasteiger charge is 2.33. The predicted octanol–water partition coefficient (Wildman–Crippen LogP) is 2.32. The van der Waals surface area contributed by atoms with E-state index in [2.05, 4.69) is 5.32 Å². The molecular formula is C20H22FN3O5. The Kier molecular flexibility index (Phi) is 5.39. The highest BCUT2D eigenvalue weighted by molar-refractivity contribution is 5.95. The van der Waals surface area contributed by atoms with Crippen LogP contribution in [0.1, 0.15) is 16.1 Å². The molecule has 2 saturated heterocycles. The molecule has 1 aromatic heterocycles. The van der Waals surface area contributed by atoms with E-state index in [1.165, 1.54) is 17.2 Å². The molecule has 1 N–H and O–H groups in total. The summed E-state index contributed by atoms with van der Waals surface area (Å²) in [6.45, 7) is 4.44. The van der Waals surface area contributed by atoms with E-state index in [4.69, 9.17) is 13.9 Å². The molecule has 2 aliphatic heterocycles. The van der Waals surface area contributed by atoms with Crippen LogP contribution >= 0.6 is 0 Å². The number of carbonyl (C=O) groups is 2. The van der Waals surface area contributed by atoms with Crippen LogP contribution in [0.4, 0.5) is 20.6 Å². The number of halogens is 1. The number of morpholine rings is 1. The van der Waals surface area contributed by atoms with Crippen LogP contribution in [0, 0.1) is 12.7 Å². The molecular weight excluding hydrogens is 381 g/mol. The fourth-order valence-corrected chi connectivity index (χ4v) is 3.49. The highest BCUT2D eigenvalue weighted by Crippen LogP contribution is 2.28. The third-order valence-corrected chi connectivity index (χ3v) is 5.06. The van der Waals surface area contributed by atoms with Crippen LogP contribution in [-0.4, -0.2) is 57.5 Å². The average molecular weight is 403 g/mol. The molecule has 0 spiro atoms. The van der Waals surface area contributed by atoms with Crippen LogP contribution < -0.4 is 15.1 Å². The lowest BCUT2D eigenvalue weighted by molar-refractivity contribution is 0.0914. The molecule has 9 heteroatoms. The van der Waals surface area contributed by atoms with Gasteiger partial charge < -0.3 is 24.1 Å². The standard InChI is InChI=1S/C20H22FN3O5/c1-13-16(4-7-28-13)19(25)22-11-15-12-24(20(26)29-15)14-2-3-18(17(21)10-14)23-5-8-27-9-6-23/h2-4,7,10,15H,5-6,8-9,11-12H2,1H3,(H,22,25)/t15-/m0/s1. The maximum atomic E-state index is 14.6. The van der Waals surface area contributed by atoms with Crippen molar-refractivity contribution in [2.45, 2.75) is 13.0 Å². The van der Waals surface area contributed by atoms with E-state index in [1.54, 1.807) is 25.1 Å². The molecule has 0 radical (unpaired) electrons. The topological polar surface area (TPSA) is 84.3 Å². The van der Waals surface area contributed by atoms with Crippen molar-refractivity contribution in [3.05, 3.63) is 47.7 Å². The van der Waals surface area contributed by atoms with E-state index < -0.39 is 18.0 Å². The Labute approximate surface area is 167 Å². The number of furan rings is 1. The minimum atomic E-state index is -0.567. The van der Waals surface area contributed by atoms with Crippen molar-refractivity contribution in [1.29, 1.82) is 0 Å². The molecule has 1 aromatic carbocycles. The fraction of sp³-hybridized carbons (Fsp3) is 0.400. The van der Waals surface area contributed by atoms with Gasteiger partial charge in [-0.1, -0.05) is 0 Å². The predicted molar refractivity (Wildman–Crippen MR) is 103 cm³/mol. The van der Waals surface area contributed by atoms with Gasteiger partial charge in [0.05, 0.1) is 49.5 Å². The molecule has 0 saturated carbocycles. The molecule has 2 aliphatic rings. The number of nitrogens with zero attached hydrogens (tertiary/aromatic N) is 2. The van der Waals surface area contributed by atoms with Gasteiger partial charge in [-0.25, -0.2) is 9.18 Å². The summed E-state index contributed by atoms with van der Waals surface area (Å²) < 4.78 is 30.4. The van der Waals surface area contributed by atoms with Crippen LogP contribution in [0.2, 0.25) is 0 Å². The third kappa shape index (κ3) is 4.04. The molecule has 2 fully saturated rings. The summed E-state index contributed by atoms with van der Waals surface area (Å²) in [6.07, 6.45) is 0.347. The van der Waals surface area contributed by atoms with Crippen molar-refractivity contribution < 1.29 is 27.9 Å². The van der Waals surface area contributed by atoms with Crippen molar-refractivity contribution in [1.82, 2.24) is 5.32 Å². The summed E-state index contributed by atoms with van der Waals surface area (Å²) in [6, 6.07) is 6.28. The Balaban J connectivity index is 1.38. The number of ether oxygens (including phenoxy) is 2. The van der Waals surface area contributed by atoms with E-state index >= 15 is 0 Å². The molecule has 3 heterocycles. The molecule has 29 heavy (non-hydrogen) atoms. The number of aryl methyl sites for hydroxylation is 1. The quantitative estimate of drug-likeness (QED) is 0.825. The molecule has 0 bridgehead atoms. The SMILES string of the molecule is Cc1occc1C(=O)NC[C@H]1CN(c2ccc(N3CCOCC3)c(F)c2)C(=O)O1. The smallest absolute Gasteiger partial charge is 0.414 e. The van der Waals surface area contributed by atoms with Crippen molar-refractivity contribution in [3.63, 3.8) is 0 Å². The van der Waals surface area contributed by atoms with Gasteiger partial charge in [-0.15, -0.1) is 0 Å². The lowest BCUT2D eigenvalue weighted by atomic mass is 10.2. The molecule has 1 atom stereocenters. The zero-order chi connectivity index (χ0) is 20.4. The van der Waals surface area contributed by atoms with Crippen LogP contribution in [0.3, 0.4) is 0 Å². The molecule has 2 amide bonds. The van der Waals surface area contributed by atoms with Gasteiger partial charge in [-0.3, -0.25) is 9.69 Å². The first-order chi connectivity index (χ1) is 14.0. The number of anilines is 2. The molecule has 4 rings (SSSR count). The summed E-state index contributed by atoms with van der Waals surface area (Å²) in [5, 5.41) is 2.73. The van der Waals surface area contributed by atoms with Gasteiger partial charge in [0.15, 0.2) is 0 Å². The number of cyclic esters (lactones) is 1. The highest BCUT2D eigenvalue weighted by atomic mass is 19.1. The van der Waals surface area contributed by atoms with Crippen molar-refractivity contribution in [3.8, 4) is 0 Å². The monoisotopic (exact) mass is 403 g/mol. The number of rotatable bonds is 5. The summed E-state index contributed by atoms with van der Waals surface area (Å²) in [5.74, 6) is -0.181. The number of hydrogen-bond donors (Lipinski definition) is 1. The average Bonchev–Trinajstić information content (AvgIpc) is 3.32. The van der Waals surface area contributed by atoms with E-state index in [9.17, 15) is 14.0 Å². The summed E-state index contributed by atoms with van der Waals surface area (Å²) in [5.41, 5.74) is 1.35. The third-order valence-electron chi connectivity index (χ3n) is 5.06. The zero-order valence-corrected chi connectivity index (χ0v) is 16.0. The Hall–Kier alpha value is -3.07. The number of nitrogens with one attached hydrogen (secondary N) is 1. The summed E-state index contributed by atoms with van der Waals surface area (Å²) in [4.78, 5) is 27.7. The first kappa shape index (κ1) is 19.3. The molecule has 0 unspecified atom stereocenters. The molecule has 0 aliphatic carbocycles. The lowest BCUT2D eigenvalue weighted by Crippen LogP contribution is -2.37. The first-order valence-corrected chi connectivity index (χ1v) is 9.45. The minimum absolute atomic E-state index is 0.153. The molecule has 8 nitrogen and oxygen atoms in total. The number of benzene rings is 1. The Morgan fingerprint density at radius 2 is 2.07 bits per heavy atom. The molecule has 2 aromatic rings. The van der Waals surface area contributed by atoms with Gasteiger partial charge in [0.1, 0.15) is 17.7 Å². The maximum absolute atomic E-state index is 14.6. The van der Waals surface area contributed by atoms with E-state index in [0.29, 0.717) is 49.0 Å². The van der Waals surface area contributed by atoms with Crippen LogP contribution in [0.15, 0.2) is 34.9 Å². The molecule has 154 valence electrons. The van der Waals surface area contributed by atoms with Crippen LogP contribution in [-0.2, 0) is 9.47 Å². The Morgan fingerprint density at radius 1 is 1.28 bits per heavy atom. The van der Waals surface area contributed by atoms with Gasteiger partial charge >= 0.3 is 6.09 Å². The number of carbonyl (C=O) groups excluding carboxylic acids is 2.